The molecule has 1 atom stereocenters. The van der Waals surface area contributed by atoms with E-state index in [9.17, 15) is 22.0 Å². The molecule has 6 heteroatoms. The summed E-state index contributed by atoms with van der Waals surface area (Å²) < 4.78 is 65.5. The van der Waals surface area contributed by atoms with Crippen LogP contribution in [-0.2, 0) is 11.8 Å². The van der Waals surface area contributed by atoms with Gasteiger partial charge in [0.25, 0.3) is 0 Å². The summed E-state index contributed by atoms with van der Waals surface area (Å²) in [7, 11) is 0. The highest BCUT2D eigenvalue weighted by Gasteiger charge is 2.37. The zero-order chi connectivity index (χ0) is 14.1. The molecule has 0 aliphatic carbocycles. The summed E-state index contributed by atoms with van der Waals surface area (Å²) in [6.45, 7) is 1.09. The Hall–Kier alpha value is -1.17. The number of hydrogen-bond acceptors (Lipinski definition) is 1. The van der Waals surface area contributed by atoms with E-state index in [4.69, 9.17) is 0 Å². The number of rotatable bonds is 1. The summed E-state index contributed by atoms with van der Waals surface area (Å²) >= 11 is 0. The van der Waals surface area contributed by atoms with Gasteiger partial charge in [-0.2, -0.15) is 13.2 Å². The average Bonchev–Trinajstić information content (AvgIpc) is 2.53. The molecule has 1 saturated heterocycles. The molecule has 0 aromatic heterocycles. The fourth-order valence-electron chi connectivity index (χ4n) is 2.34. The fraction of sp³-hybridized carbons (Fsp3) is 0.538. The smallest absolute Gasteiger partial charge is 0.317 e. The minimum Gasteiger partial charge on any atom is -0.317 e. The molecular weight excluding hydrogens is 265 g/mol. The molecule has 2 rings (SSSR count). The summed E-state index contributed by atoms with van der Waals surface area (Å²) in [5.41, 5.74) is -3.12. The zero-order valence-corrected chi connectivity index (χ0v) is 10.2. The van der Waals surface area contributed by atoms with Gasteiger partial charge in [-0.15, -0.1) is 0 Å². The lowest BCUT2D eigenvalue weighted by atomic mass is 9.88. The van der Waals surface area contributed by atoms with Crippen molar-refractivity contribution < 1.29 is 22.0 Å². The largest absolute Gasteiger partial charge is 0.419 e. The Bertz CT molecular complexity index is 447. The summed E-state index contributed by atoms with van der Waals surface area (Å²) in [6, 6.07) is 2.33. The van der Waals surface area contributed by atoms with Gasteiger partial charge in [0.15, 0.2) is 0 Å². The third kappa shape index (κ3) is 3.05. The van der Waals surface area contributed by atoms with E-state index in [-0.39, 0.29) is 18.4 Å². The van der Waals surface area contributed by atoms with Crippen LogP contribution in [0.15, 0.2) is 18.2 Å². The van der Waals surface area contributed by atoms with E-state index in [1.165, 1.54) is 0 Å². The summed E-state index contributed by atoms with van der Waals surface area (Å²) in [6.07, 6.45) is -3.86. The van der Waals surface area contributed by atoms with Crippen LogP contribution in [0, 0.1) is 5.82 Å². The Balaban J connectivity index is 2.33. The van der Waals surface area contributed by atoms with Crippen molar-refractivity contribution in [3.8, 4) is 0 Å². The van der Waals surface area contributed by atoms with Gasteiger partial charge in [-0.05, 0) is 50.0 Å². The molecule has 1 aliphatic heterocycles. The predicted octanol–water partition coefficient (Wildman–Crippen LogP) is 3.78. The topological polar surface area (TPSA) is 12.0 Å². The van der Waals surface area contributed by atoms with E-state index in [1.54, 1.807) is 0 Å². The van der Waals surface area contributed by atoms with Crippen molar-refractivity contribution in [3.63, 3.8) is 0 Å². The minimum atomic E-state index is -4.75. The lowest BCUT2D eigenvalue weighted by Gasteiger charge is -2.24. The normalized spacial score (nSPS) is 25.1. The Morgan fingerprint density at radius 2 is 1.84 bits per heavy atom. The Morgan fingerprint density at radius 1 is 1.11 bits per heavy atom. The molecule has 1 aliphatic rings. The van der Waals surface area contributed by atoms with Crippen molar-refractivity contribution in [2.24, 2.45) is 0 Å². The molecular formula is C13H14F5N. The highest BCUT2D eigenvalue weighted by atomic mass is 19.4. The number of hydrogen-bond donors (Lipinski definition) is 1. The SMILES string of the molecule is Fc1cc(C2(F)CCCNCC2)ccc1C(F)(F)F. The average molecular weight is 279 g/mol. The van der Waals surface area contributed by atoms with Crippen LogP contribution in [0.5, 0.6) is 0 Å². The van der Waals surface area contributed by atoms with Crippen LogP contribution < -0.4 is 5.32 Å². The molecule has 0 spiro atoms. The van der Waals surface area contributed by atoms with Gasteiger partial charge in [0.2, 0.25) is 0 Å². The maximum Gasteiger partial charge on any atom is 0.419 e. The number of benzene rings is 1. The molecule has 1 heterocycles. The van der Waals surface area contributed by atoms with Gasteiger partial charge in [-0.1, -0.05) is 6.07 Å². The number of nitrogens with one attached hydrogen (secondary N) is 1. The van der Waals surface area contributed by atoms with E-state index in [1.807, 2.05) is 0 Å². The van der Waals surface area contributed by atoms with Crippen molar-refractivity contribution in [3.05, 3.63) is 35.1 Å². The lowest BCUT2D eigenvalue weighted by Crippen LogP contribution is -2.23. The van der Waals surface area contributed by atoms with Crippen molar-refractivity contribution in [1.29, 1.82) is 0 Å². The Morgan fingerprint density at radius 3 is 2.47 bits per heavy atom. The standard InChI is InChI=1S/C13H14F5N/c14-11-8-9(2-3-10(11)13(16,17)18)12(15)4-1-6-19-7-5-12/h2-3,8,19H,1,4-7H2. The fourth-order valence-corrected chi connectivity index (χ4v) is 2.34. The second-order valence-electron chi connectivity index (χ2n) is 4.76. The summed E-state index contributed by atoms with van der Waals surface area (Å²) in [5, 5.41) is 3.01. The monoisotopic (exact) mass is 279 g/mol. The second-order valence-corrected chi connectivity index (χ2v) is 4.76. The summed E-state index contributed by atoms with van der Waals surface area (Å²) in [4.78, 5) is 0. The minimum absolute atomic E-state index is 0.0123. The Labute approximate surface area is 107 Å². The highest BCUT2D eigenvalue weighted by Crippen LogP contribution is 2.38. The van der Waals surface area contributed by atoms with Crippen LogP contribution in [0.4, 0.5) is 22.0 Å². The molecule has 0 bridgehead atoms. The molecule has 1 nitrogen and oxygen atoms in total. The van der Waals surface area contributed by atoms with Crippen molar-refractivity contribution in [2.75, 3.05) is 13.1 Å². The predicted molar refractivity (Wildman–Crippen MR) is 60.9 cm³/mol. The first-order valence-corrected chi connectivity index (χ1v) is 6.10. The molecule has 1 N–H and O–H groups in total. The van der Waals surface area contributed by atoms with Gasteiger partial charge in [0.1, 0.15) is 11.5 Å². The van der Waals surface area contributed by atoms with Gasteiger partial charge < -0.3 is 5.32 Å². The first-order chi connectivity index (χ1) is 8.83. The molecule has 0 saturated carbocycles. The third-order valence-electron chi connectivity index (χ3n) is 3.42. The molecule has 1 unspecified atom stereocenters. The van der Waals surface area contributed by atoms with Gasteiger partial charge >= 0.3 is 6.18 Å². The molecule has 1 aromatic rings. The van der Waals surface area contributed by atoms with Crippen LogP contribution in [0.25, 0.3) is 0 Å². The molecule has 106 valence electrons. The van der Waals surface area contributed by atoms with Crippen LogP contribution in [0.1, 0.15) is 30.4 Å². The van der Waals surface area contributed by atoms with Gasteiger partial charge in [-0.3, -0.25) is 0 Å². The first kappa shape index (κ1) is 14.2. The Kier molecular flexibility index (Phi) is 3.80. The molecule has 1 fully saturated rings. The zero-order valence-electron chi connectivity index (χ0n) is 10.2. The van der Waals surface area contributed by atoms with Crippen molar-refractivity contribution >= 4 is 0 Å². The van der Waals surface area contributed by atoms with Crippen molar-refractivity contribution in [1.82, 2.24) is 5.32 Å². The van der Waals surface area contributed by atoms with E-state index >= 15 is 0 Å². The van der Waals surface area contributed by atoms with Crippen molar-refractivity contribution in [2.45, 2.75) is 31.1 Å². The van der Waals surface area contributed by atoms with E-state index in [0.29, 0.717) is 31.6 Å². The number of alkyl halides is 4. The maximum atomic E-state index is 14.7. The summed E-state index contributed by atoms with van der Waals surface area (Å²) in [5.74, 6) is -1.42. The molecule has 19 heavy (non-hydrogen) atoms. The second kappa shape index (κ2) is 5.07. The van der Waals surface area contributed by atoms with Gasteiger partial charge in [-0.25, -0.2) is 8.78 Å². The van der Waals surface area contributed by atoms with Crippen LogP contribution in [0.3, 0.4) is 0 Å². The maximum absolute atomic E-state index is 14.7. The van der Waals surface area contributed by atoms with Crippen LogP contribution >= 0.6 is 0 Å². The van der Waals surface area contributed by atoms with Gasteiger partial charge in [0.05, 0.1) is 5.56 Å². The molecule has 0 radical (unpaired) electrons. The highest BCUT2D eigenvalue weighted by molar-refractivity contribution is 5.30. The van der Waals surface area contributed by atoms with E-state index in [0.717, 1.165) is 6.07 Å². The van der Waals surface area contributed by atoms with Gasteiger partial charge in [0, 0.05) is 0 Å². The molecule has 0 amide bonds. The first-order valence-electron chi connectivity index (χ1n) is 6.10. The quantitative estimate of drug-likeness (QED) is 0.771. The van der Waals surface area contributed by atoms with E-state index < -0.39 is 23.2 Å². The third-order valence-corrected chi connectivity index (χ3v) is 3.42. The van der Waals surface area contributed by atoms with Crippen LogP contribution in [0.2, 0.25) is 0 Å². The van der Waals surface area contributed by atoms with E-state index in [2.05, 4.69) is 5.32 Å². The lowest BCUT2D eigenvalue weighted by molar-refractivity contribution is -0.140. The van der Waals surface area contributed by atoms with Crippen LogP contribution in [-0.4, -0.2) is 13.1 Å². The molecule has 1 aromatic carbocycles. The number of halogens is 5.